The summed E-state index contributed by atoms with van der Waals surface area (Å²) in [4.78, 5) is 23.1. The highest BCUT2D eigenvalue weighted by molar-refractivity contribution is 7.92. The van der Waals surface area contributed by atoms with Crippen LogP contribution in [0, 0.1) is 0 Å². The highest BCUT2D eigenvalue weighted by atomic mass is 32.2. The first-order chi connectivity index (χ1) is 10.4. The Labute approximate surface area is 127 Å². The number of imide groups is 1. The van der Waals surface area contributed by atoms with Crippen LogP contribution in [0.4, 0.5) is 5.69 Å². The zero-order valence-electron chi connectivity index (χ0n) is 11.6. The lowest BCUT2D eigenvalue weighted by Gasteiger charge is -2.19. The fourth-order valence-corrected chi connectivity index (χ4v) is 3.46. The van der Waals surface area contributed by atoms with Gasteiger partial charge in [-0.15, -0.1) is 0 Å². The largest absolute Gasteiger partial charge is 0.288 e. The molecule has 2 amide bonds. The maximum Gasteiger partial charge on any atom is 0.264 e. The molecule has 0 atom stereocenters. The van der Waals surface area contributed by atoms with Crippen molar-refractivity contribution in [2.24, 2.45) is 0 Å². The van der Waals surface area contributed by atoms with Crippen LogP contribution in [0.15, 0.2) is 53.4 Å². The maximum absolute atomic E-state index is 12.6. The van der Waals surface area contributed by atoms with Gasteiger partial charge in [-0.05, 0) is 30.3 Å². The summed E-state index contributed by atoms with van der Waals surface area (Å²) in [5.41, 5.74) is 0.766. The summed E-state index contributed by atoms with van der Waals surface area (Å²) in [6, 6.07) is 12.5. The van der Waals surface area contributed by atoms with Crippen molar-refractivity contribution in [3.63, 3.8) is 0 Å². The second-order valence-corrected chi connectivity index (χ2v) is 6.77. The van der Waals surface area contributed by atoms with E-state index in [0.717, 1.165) is 4.31 Å². The fraction of sp³-hybridized carbons (Fsp3) is 0.0667. The Hall–Kier alpha value is -2.67. The Bertz CT molecular complexity index is 876. The van der Waals surface area contributed by atoms with Crippen molar-refractivity contribution in [1.29, 1.82) is 0 Å². The maximum atomic E-state index is 12.6. The van der Waals surface area contributed by atoms with Crippen LogP contribution in [0.25, 0.3) is 0 Å². The van der Waals surface area contributed by atoms with Gasteiger partial charge < -0.3 is 0 Å². The van der Waals surface area contributed by atoms with E-state index in [1.165, 1.54) is 25.2 Å². The number of amides is 2. The molecule has 1 aliphatic heterocycles. The molecule has 2 aromatic rings. The monoisotopic (exact) mass is 316 g/mol. The van der Waals surface area contributed by atoms with Gasteiger partial charge in [-0.2, -0.15) is 0 Å². The number of para-hydroxylation sites is 1. The summed E-state index contributed by atoms with van der Waals surface area (Å²) < 4.78 is 26.4. The number of fused-ring (bicyclic) bond motifs is 1. The van der Waals surface area contributed by atoms with Gasteiger partial charge in [0.25, 0.3) is 21.8 Å². The average Bonchev–Trinajstić information content (AvgIpc) is 2.81. The molecule has 0 aliphatic carbocycles. The van der Waals surface area contributed by atoms with Gasteiger partial charge in [0.1, 0.15) is 0 Å². The first-order valence-corrected chi connectivity index (χ1v) is 7.89. The van der Waals surface area contributed by atoms with Crippen molar-refractivity contribution in [3.05, 3.63) is 59.7 Å². The van der Waals surface area contributed by atoms with Crippen molar-refractivity contribution in [2.75, 3.05) is 11.4 Å². The number of carbonyl (C=O) groups is 2. The van der Waals surface area contributed by atoms with Gasteiger partial charge in [0.15, 0.2) is 0 Å². The van der Waals surface area contributed by atoms with Crippen LogP contribution in [0.5, 0.6) is 0 Å². The van der Waals surface area contributed by atoms with Crippen LogP contribution < -0.4 is 9.62 Å². The quantitative estimate of drug-likeness (QED) is 0.868. The lowest BCUT2D eigenvalue weighted by molar-refractivity contribution is 0.0879. The number of benzene rings is 2. The van der Waals surface area contributed by atoms with Gasteiger partial charge in [-0.3, -0.25) is 19.2 Å². The Morgan fingerprint density at radius 2 is 1.55 bits per heavy atom. The fourth-order valence-electron chi connectivity index (χ4n) is 2.24. The summed E-state index contributed by atoms with van der Waals surface area (Å²) in [6.45, 7) is 0. The van der Waals surface area contributed by atoms with Gasteiger partial charge >= 0.3 is 0 Å². The summed E-state index contributed by atoms with van der Waals surface area (Å²) in [5, 5.41) is 2.14. The van der Waals surface area contributed by atoms with E-state index in [0.29, 0.717) is 5.69 Å². The van der Waals surface area contributed by atoms with Crippen LogP contribution in [0.2, 0.25) is 0 Å². The zero-order valence-corrected chi connectivity index (χ0v) is 12.4. The molecule has 2 aromatic carbocycles. The minimum Gasteiger partial charge on any atom is -0.288 e. The first-order valence-electron chi connectivity index (χ1n) is 6.45. The number of nitrogens with zero attached hydrogens (tertiary/aromatic N) is 1. The van der Waals surface area contributed by atoms with Crippen molar-refractivity contribution >= 4 is 27.5 Å². The highest BCUT2D eigenvalue weighted by Crippen LogP contribution is 2.25. The smallest absolute Gasteiger partial charge is 0.264 e. The molecule has 0 spiro atoms. The molecule has 22 heavy (non-hydrogen) atoms. The molecule has 6 nitrogen and oxygen atoms in total. The minimum atomic E-state index is -3.81. The van der Waals surface area contributed by atoms with Crippen molar-refractivity contribution in [1.82, 2.24) is 5.32 Å². The molecule has 0 bridgehead atoms. The molecule has 0 saturated heterocycles. The van der Waals surface area contributed by atoms with E-state index < -0.39 is 21.8 Å². The third-order valence-electron chi connectivity index (χ3n) is 3.49. The number of anilines is 1. The molecule has 0 fully saturated rings. The average molecular weight is 316 g/mol. The Kier molecular flexibility index (Phi) is 3.22. The Morgan fingerprint density at radius 3 is 2.23 bits per heavy atom. The predicted octanol–water partition coefficient (Wildman–Crippen LogP) is 1.40. The van der Waals surface area contributed by atoms with E-state index in [1.807, 2.05) is 0 Å². The summed E-state index contributed by atoms with van der Waals surface area (Å²) in [7, 11) is -2.38. The number of hydrogen-bond acceptors (Lipinski definition) is 4. The number of sulfonamides is 1. The van der Waals surface area contributed by atoms with Crippen molar-refractivity contribution in [3.8, 4) is 0 Å². The molecule has 0 aromatic heterocycles. The molecule has 0 radical (unpaired) electrons. The SMILES string of the molecule is CN(c1ccccc1)S(=O)(=O)c1ccc2c(c1)C(=O)NC2=O. The molecule has 0 unspecified atom stereocenters. The minimum absolute atomic E-state index is 0.0394. The standard InChI is InChI=1S/C15H12N2O4S/c1-17(10-5-3-2-4-6-10)22(20,21)11-7-8-12-13(9-11)15(19)16-14(12)18/h2-9H,1H3,(H,16,18,19). The molecule has 1 aliphatic rings. The molecule has 1 heterocycles. The topological polar surface area (TPSA) is 83.6 Å². The molecule has 7 heteroatoms. The first kappa shape index (κ1) is 14.3. The van der Waals surface area contributed by atoms with Crippen LogP contribution in [-0.2, 0) is 10.0 Å². The van der Waals surface area contributed by atoms with E-state index in [2.05, 4.69) is 5.32 Å². The third kappa shape index (κ3) is 2.15. The van der Waals surface area contributed by atoms with Crippen LogP contribution in [0.3, 0.4) is 0 Å². The summed E-state index contributed by atoms with van der Waals surface area (Å²) in [5.74, 6) is -1.10. The molecular formula is C15H12N2O4S. The summed E-state index contributed by atoms with van der Waals surface area (Å²) >= 11 is 0. The molecule has 3 rings (SSSR count). The van der Waals surface area contributed by atoms with Gasteiger partial charge in [-0.1, -0.05) is 18.2 Å². The van der Waals surface area contributed by atoms with Crippen LogP contribution >= 0.6 is 0 Å². The van der Waals surface area contributed by atoms with Gasteiger partial charge in [-0.25, -0.2) is 8.42 Å². The zero-order chi connectivity index (χ0) is 15.9. The molecule has 1 N–H and O–H groups in total. The number of rotatable bonds is 3. The van der Waals surface area contributed by atoms with E-state index in [-0.39, 0.29) is 16.0 Å². The normalized spacial score (nSPS) is 13.7. The Morgan fingerprint density at radius 1 is 0.909 bits per heavy atom. The number of carbonyl (C=O) groups excluding carboxylic acids is 2. The Balaban J connectivity index is 2.06. The lowest BCUT2D eigenvalue weighted by atomic mass is 10.1. The highest BCUT2D eigenvalue weighted by Gasteiger charge is 2.30. The van der Waals surface area contributed by atoms with Gasteiger partial charge in [0, 0.05) is 7.05 Å². The van der Waals surface area contributed by atoms with Gasteiger partial charge in [0.2, 0.25) is 0 Å². The van der Waals surface area contributed by atoms with E-state index in [4.69, 9.17) is 0 Å². The predicted molar refractivity (Wildman–Crippen MR) is 80.3 cm³/mol. The van der Waals surface area contributed by atoms with E-state index in [1.54, 1.807) is 30.3 Å². The second-order valence-electron chi connectivity index (χ2n) is 4.80. The van der Waals surface area contributed by atoms with Crippen molar-refractivity contribution in [2.45, 2.75) is 4.90 Å². The molecular weight excluding hydrogens is 304 g/mol. The second kappa shape index (κ2) is 4.96. The lowest BCUT2D eigenvalue weighted by Crippen LogP contribution is -2.26. The molecule has 112 valence electrons. The third-order valence-corrected chi connectivity index (χ3v) is 5.27. The number of nitrogens with one attached hydrogen (secondary N) is 1. The van der Waals surface area contributed by atoms with Crippen LogP contribution in [-0.4, -0.2) is 27.3 Å². The van der Waals surface area contributed by atoms with Gasteiger partial charge in [0.05, 0.1) is 21.7 Å². The van der Waals surface area contributed by atoms with E-state index >= 15 is 0 Å². The van der Waals surface area contributed by atoms with E-state index in [9.17, 15) is 18.0 Å². The van der Waals surface area contributed by atoms with Crippen LogP contribution in [0.1, 0.15) is 20.7 Å². The van der Waals surface area contributed by atoms with Crippen molar-refractivity contribution < 1.29 is 18.0 Å². The molecule has 0 saturated carbocycles. The number of hydrogen-bond donors (Lipinski definition) is 1. The summed E-state index contributed by atoms with van der Waals surface area (Å²) in [6.07, 6.45) is 0.